The van der Waals surface area contributed by atoms with E-state index in [1.807, 2.05) is 24.3 Å². The van der Waals surface area contributed by atoms with Crippen LogP contribution < -0.4 is 15.2 Å². The molecule has 148 valence electrons. The number of nitrogens with zero attached hydrogens (tertiary/aromatic N) is 3. The summed E-state index contributed by atoms with van der Waals surface area (Å²) in [5.74, 6) is 0.0954. The monoisotopic (exact) mass is 407 g/mol. The molecule has 0 bridgehead atoms. The summed E-state index contributed by atoms with van der Waals surface area (Å²) in [5, 5.41) is 23.6. The van der Waals surface area contributed by atoms with E-state index in [4.69, 9.17) is 4.74 Å². The lowest BCUT2D eigenvalue weighted by Crippen LogP contribution is -2.22. The number of aromatic carboxylic acids is 1. The lowest BCUT2D eigenvalue weighted by atomic mass is 10.1. The summed E-state index contributed by atoms with van der Waals surface area (Å²) in [6.45, 7) is 2.14. The van der Waals surface area contributed by atoms with Gasteiger partial charge in [0.1, 0.15) is 0 Å². The number of unbranched alkanes of at least 4 members (excludes halogenated alkanes) is 1. The number of benzene rings is 2. The zero-order chi connectivity index (χ0) is 20.2. The third-order valence-electron chi connectivity index (χ3n) is 4.51. The van der Waals surface area contributed by atoms with E-state index in [-0.39, 0.29) is 5.56 Å². The van der Waals surface area contributed by atoms with E-state index in [2.05, 4.69) is 27.4 Å². The van der Waals surface area contributed by atoms with Crippen LogP contribution in [0.4, 0.5) is 5.69 Å². The van der Waals surface area contributed by atoms with Crippen LogP contribution in [-0.2, 0) is 0 Å². The van der Waals surface area contributed by atoms with Gasteiger partial charge in [-0.25, -0.2) is 0 Å². The van der Waals surface area contributed by atoms with E-state index in [1.165, 1.54) is 12.1 Å². The first-order chi connectivity index (χ1) is 14.2. The fourth-order valence-electron chi connectivity index (χ4n) is 2.96. The van der Waals surface area contributed by atoms with Crippen molar-refractivity contribution in [2.24, 2.45) is 0 Å². The number of anilines is 1. The average Bonchev–Trinajstić information content (AvgIpc) is 2.90. The van der Waals surface area contributed by atoms with Crippen molar-refractivity contribution in [2.75, 3.05) is 11.1 Å². The quantitative estimate of drug-likeness (QED) is 0.491. The van der Waals surface area contributed by atoms with E-state index < -0.39 is 12.2 Å². The molecule has 1 atom stereocenters. The van der Waals surface area contributed by atoms with E-state index in [0.29, 0.717) is 16.7 Å². The second-order valence-corrected chi connectivity index (χ2v) is 7.61. The number of carboxylic acids is 1. The van der Waals surface area contributed by atoms with Crippen molar-refractivity contribution >= 4 is 23.4 Å². The molecule has 0 saturated heterocycles. The van der Waals surface area contributed by atoms with Crippen LogP contribution in [0, 0.1) is 0 Å². The molecular weight excluding hydrogens is 388 g/mol. The normalized spacial score (nSPS) is 14.7. The van der Waals surface area contributed by atoms with Crippen LogP contribution in [0.3, 0.4) is 0 Å². The summed E-state index contributed by atoms with van der Waals surface area (Å²) >= 11 is 1.55. The first-order valence-electron chi connectivity index (χ1n) is 9.37. The zero-order valence-corrected chi connectivity index (χ0v) is 16.6. The van der Waals surface area contributed by atoms with Crippen molar-refractivity contribution in [3.63, 3.8) is 0 Å². The number of carbonyl (C=O) groups is 1. The predicted octanol–water partition coefficient (Wildman–Crippen LogP) is 3.30. The number of ether oxygens (including phenoxy) is 1. The summed E-state index contributed by atoms with van der Waals surface area (Å²) in [4.78, 5) is 15.6. The van der Waals surface area contributed by atoms with E-state index in [0.717, 1.165) is 35.4 Å². The van der Waals surface area contributed by atoms with Crippen molar-refractivity contribution < 1.29 is 14.6 Å². The van der Waals surface area contributed by atoms with Gasteiger partial charge in [0.05, 0.1) is 5.97 Å². The molecule has 0 fully saturated rings. The molecule has 7 nitrogen and oxygen atoms in total. The number of aromatic nitrogens is 3. The lowest BCUT2D eigenvalue weighted by Gasteiger charge is -2.19. The number of rotatable bonds is 6. The molecule has 1 aliphatic heterocycles. The SMILES string of the molecule is CCCCSc1nnc2c(n1)O[C@@H](c1ccc(C(=O)[O-])cc1)Nc1ccccc1-2. The standard InChI is InChI=1S/C21H20N4O3S/c1-2-3-12-29-21-23-19-17(24-25-21)15-6-4-5-7-16(15)22-18(28-19)13-8-10-14(11-9-13)20(26)27/h4-11,18,22H,2-3,12H2,1H3,(H,26,27)/p-1/t18-/m0/s1. The van der Waals surface area contributed by atoms with Crippen molar-refractivity contribution in [1.29, 1.82) is 0 Å². The molecule has 0 radical (unpaired) electrons. The number of thioether (sulfide) groups is 1. The number of carboxylic acid groups (broad SMARTS) is 1. The van der Waals surface area contributed by atoms with Crippen LogP contribution in [0.25, 0.3) is 11.3 Å². The molecule has 1 aliphatic rings. The summed E-state index contributed by atoms with van der Waals surface area (Å²) in [6.07, 6.45) is 1.62. The molecule has 0 amide bonds. The van der Waals surface area contributed by atoms with Crippen LogP contribution in [0.1, 0.15) is 41.9 Å². The molecule has 0 unspecified atom stereocenters. The summed E-state index contributed by atoms with van der Waals surface area (Å²) < 4.78 is 6.17. The molecule has 0 spiro atoms. The van der Waals surface area contributed by atoms with Gasteiger partial charge < -0.3 is 20.0 Å². The number of para-hydroxylation sites is 1. The van der Waals surface area contributed by atoms with Gasteiger partial charge in [-0.2, -0.15) is 4.98 Å². The Labute approximate surface area is 172 Å². The third kappa shape index (κ3) is 4.17. The maximum absolute atomic E-state index is 11.0. The second-order valence-electron chi connectivity index (χ2n) is 6.55. The van der Waals surface area contributed by atoms with Gasteiger partial charge in [-0.3, -0.25) is 0 Å². The Morgan fingerprint density at radius 3 is 2.72 bits per heavy atom. The van der Waals surface area contributed by atoms with E-state index in [1.54, 1.807) is 23.9 Å². The maximum Gasteiger partial charge on any atom is 0.247 e. The van der Waals surface area contributed by atoms with Crippen molar-refractivity contribution in [3.8, 4) is 17.1 Å². The van der Waals surface area contributed by atoms with Crippen LogP contribution in [-0.4, -0.2) is 26.9 Å². The number of hydrogen-bond acceptors (Lipinski definition) is 8. The van der Waals surface area contributed by atoms with Gasteiger partial charge in [-0.05, 0) is 18.1 Å². The topological polar surface area (TPSA) is 100 Å². The average molecular weight is 407 g/mol. The first-order valence-corrected chi connectivity index (χ1v) is 10.4. The Bertz CT molecular complexity index is 1030. The molecule has 1 aromatic heterocycles. The van der Waals surface area contributed by atoms with Gasteiger partial charge in [0, 0.05) is 22.6 Å². The van der Waals surface area contributed by atoms with Crippen LogP contribution in [0.2, 0.25) is 0 Å². The van der Waals surface area contributed by atoms with Gasteiger partial charge in [0.25, 0.3) is 0 Å². The number of nitrogens with one attached hydrogen (secondary N) is 1. The molecular formula is C21H19N4O3S-. The maximum atomic E-state index is 11.0. The summed E-state index contributed by atoms with van der Waals surface area (Å²) in [7, 11) is 0. The highest BCUT2D eigenvalue weighted by molar-refractivity contribution is 7.99. The second kappa shape index (κ2) is 8.48. The van der Waals surface area contributed by atoms with Crippen LogP contribution >= 0.6 is 11.8 Å². The Hall–Kier alpha value is -3.13. The summed E-state index contributed by atoms with van der Waals surface area (Å²) in [6, 6.07) is 14.1. The molecule has 29 heavy (non-hydrogen) atoms. The summed E-state index contributed by atoms with van der Waals surface area (Å²) in [5.41, 5.74) is 3.13. The van der Waals surface area contributed by atoms with E-state index >= 15 is 0 Å². The van der Waals surface area contributed by atoms with Gasteiger partial charge >= 0.3 is 0 Å². The van der Waals surface area contributed by atoms with Crippen LogP contribution in [0.15, 0.2) is 53.7 Å². The molecule has 8 heteroatoms. The van der Waals surface area contributed by atoms with Gasteiger partial charge in [0.15, 0.2) is 11.9 Å². The van der Waals surface area contributed by atoms with Gasteiger partial charge in [-0.15, -0.1) is 10.2 Å². The van der Waals surface area contributed by atoms with Crippen LogP contribution in [0.5, 0.6) is 5.88 Å². The molecule has 2 aromatic carbocycles. The fraction of sp³-hybridized carbons (Fsp3) is 0.238. The Kier molecular flexibility index (Phi) is 5.62. The predicted molar refractivity (Wildman–Crippen MR) is 109 cm³/mol. The zero-order valence-electron chi connectivity index (χ0n) is 15.8. The van der Waals surface area contributed by atoms with Crippen molar-refractivity contribution in [3.05, 3.63) is 59.7 Å². The minimum Gasteiger partial charge on any atom is -0.545 e. The number of fused-ring (bicyclic) bond motifs is 3. The highest BCUT2D eigenvalue weighted by atomic mass is 32.2. The third-order valence-corrected chi connectivity index (χ3v) is 5.44. The molecule has 2 heterocycles. The van der Waals surface area contributed by atoms with Gasteiger partial charge in [0.2, 0.25) is 11.0 Å². The lowest BCUT2D eigenvalue weighted by molar-refractivity contribution is -0.255. The minimum absolute atomic E-state index is 0.113. The highest BCUT2D eigenvalue weighted by Crippen LogP contribution is 2.39. The number of hydrogen-bond donors (Lipinski definition) is 1. The first kappa shape index (κ1) is 19.2. The molecule has 1 N–H and O–H groups in total. The highest BCUT2D eigenvalue weighted by Gasteiger charge is 2.26. The molecule has 4 rings (SSSR count). The van der Waals surface area contributed by atoms with Crippen molar-refractivity contribution in [1.82, 2.24) is 15.2 Å². The molecule has 0 aliphatic carbocycles. The van der Waals surface area contributed by atoms with Gasteiger partial charge in [-0.1, -0.05) is 67.6 Å². The molecule has 0 saturated carbocycles. The Morgan fingerprint density at radius 1 is 1.17 bits per heavy atom. The largest absolute Gasteiger partial charge is 0.545 e. The smallest absolute Gasteiger partial charge is 0.247 e. The van der Waals surface area contributed by atoms with Crippen molar-refractivity contribution in [2.45, 2.75) is 31.1 Å². The Balaban J connectivity index is 1.71. The fourth-order valence-corrected chi connectivity index (χ4v) is 3.82. The number of carbonyl (C=O) groups excluding carboxylic acids is 1. The molecule has 3 aromatic rings. The van der Waals surface area contributed by atoms with E-state index in [9.17, 15) is 9.90 Å². The Morgan fingerprint density at radius 2 is 1.97 bits per heavy atom. The minimum atomic E-state index is -1.22.